The third-order valence-corrected chi connectivity index (χ3v) is 3.83. The van der Waals surface area contributed by atoms with Gasteiger partial charge in [-0.15, -0.1) is 11.3 Å². The lowest BCUT2D eigenvalue weighted by molar-refractivity contribution is 0.263. The molecule has 0 saturated heterocycles. The number of aryl methyl sites for hydroxylation is 1. The van der Waals surface area contributed by atoms with Gasteiger partial charge in [0.05, 0.1) is 10.7 Å². The minimum atomic E-state index is 0.338. The Morgan fingerprint density at radius 1 is 1.35 bits per heavy atom. The molecule has 0 aliphatic carbocycles. The van der Waals surface area contributed by atoms with Crippen LogP contribution in [-0.2, 0) is 0 Å². The van der Waals surface area contributed by atoms with Crippen molar-refractivity contribution in [1.82, 2.24) is 15.2 Å². The van der Waals surface area contributed by atoms with Crippen molar-refractivity contribution in [2.24, 2.45) is 0 Å². The molecule has 0 fully saturated rings. The Bertz CT molecular complexity index is 320. The van der Waals surface area contributed by atoms with E-state index in [9.17, 15) is 0 Å². The Morgan fingerprint density at radius 2 is 2.00 bits per heavy atom. The van der Waals surface area contributed by atoms with E-state index >= 15 is 0 Å². The van der Waals surface area contributed by atoms with Crippen molar-refractivity contribution >= 4 is 11.3 Å². The Hall–Kier alpha value is -0.450. The van der Waals surface area contributed by atoms with Gasteiger partial charge in [0.2, 0.25) is 0 Å². The standard InChI is InChI=1S/C13H25N3S/c1-6-16(7-2)8-10(3)14-11(4)13-9-17-12(5)15-13/h9-11,14H,6-8H2,1-5H3. The van der Waals surface area contributed by atoms with E-state index in [1.54, 1.807) is 11.3 Å². The average molecular weight is 255 g/mol. The Morgan fingerprint density at radius 3 is 2.47 bits per heavy atom. The molecule has 0 spiro atoms. The molecule has 1 heterocycles. The molecular weight excluding hydrogens is 230 g/mol. The molecular formula is C13H25N3S. The van der Waals surface area contributed by atoms with E-state index < -0.39 is 0 Å². The first-order valence-corrected chi connectivity index (χ1v) is 7.35. The monoisotopic (exact) mass is 255 g/mol. The summed E-state index contributed by atoms with van der Waals surface area (Å²) in [6, 6.07) is 0.831. The second kappa shape index (κ2) is 7.09. The third kappa shape index (κ3) is 4.74. The Kier molecular flexibility index (Phi) is 6.09. The van der Waals surface area contributed by atoms with Gasteiger partial charge in [-0.25, -0.2) is 4.98 Å². The largest absolute Gasteiger partial charge is 0.305 e. The molecule has 0 radical (unpaired) electrons. The molecule has 0 bridgehead atoms. The van der Waals surface area contributed by atoms with Gasteiger partial charge in [-0.1, -0.05) is 13.8 Å². The predicted octanol–water partition coefficient (Wildman–Crippen LogP) is 2.83. The molecule has 98 valence electrons. The number of rotatable bonds is 7. The lowest BCUT2D eigenvalue weighted by Crippen LogP contribution is -2.40. The molecule has 0 saturated carbocycles. The van der Waals surface area contributed by atoms with E-state index in [0.29, 0.717) is 12.1 Å². The zero-order valence-electron chi connectivity index (χ0n) is 11.7. The van der Waals surface area contributed by atoms with Gasteiger partial charge in [0.15, 0.2) is 0 Å². The summed E-state index contributed by atoms with van der Waals surface area (Å²) >= 11 is 1.72. The van der Waals surface area contributed by atoms with E-state index in [2.05, 4.69) is 55.2 Å². The molecule has 3 nitrogen and oxygen atoms in total. The summed E-state index contributed by atoms with van der Waals surface area (Å²) in [6.45, 7) is 14.2. The fraction of sp³-hybridized carbons (Fsp3) is 0.769. The molecule has 0 amide bonds. The first-order valence-electron chi connectivity index (χ1n) is 6.47. The molecule has 0 aromatic carbocycles. The van der Waals surface area contributed by atoms with E-state index in [4.69, 9.17) is 0 Å². The molecule has 2 atom stereocenters. The molecule has 1 aromatic heterocycles. The lowest BCUT2D eigenvalue weighted by atomic mass is 10.2. The maximum absolute atomic E-state index is 4.53. The first-order chi connectivity index (χ1) is 8.06. The smallest absolute Gasteiger partial charge is 0.0898 e. The lowest BCUT2D eigenvalue weighted by Gasteiger charge is -2.25. The number of thiazole rings is 1. The number of nitrogens with zero attached hydrogens (tertiary/aromatic N) is 2. The molecule has 17 heavy (non-hydrogen) atoms. The third-order valence-electron chi connectivity index (χ3n) is 3.04. The molecule has 0 aliphatic heterocycles. The van der Waals surface area contributed by atoms with Gasteiger partial charge in [-0.2, -0.15) is 0 Å². The molecule has 2 unspecified atom stereocenters. The summed E-state index contributed by atoms with van der Waals surface area (Å²) in [6.07, 6.45) is 0. The Labute approximate surface area is 109 Å². The quantitative estimate of drug-likeness (QED) is 0.812. The molecule has 1 rings (SSSR count). The van der Waals surface area contributed by atoms with Crippen LogP contribution < -0.4 is 5.32 Å². The summed E-state index contributed by atoms with van der Waals surface area (Å²) in [4.78, 5) is 6.97. The highest BCUT2D eigenvalue weighted by Gasteiger charge is 2.13. The van der Waals surface area contributed by atoms with E-state index in [-0.39, 0.29) is 0 Å². The fourth-order valence-electron chi connectivity index (χ4n) is 2.01. The maximum Gasteiger partial charge on any atom is 0.0898 e. The minimum Gasteiger partial charge on any atom is -0.305 e. The SMILES string of the molecule is CCN(CC)CC(C)NC(C)c1csc(C)n1. The highest BCUT2D eigenvalue weighted by atomic mass is 32.1. The topological polar surface area (TPSA) is 28.2 Å². The summed E-state index contributed by atoms with van der Waals surface area (Å²) in [5.41, 5.74) is 1.17. The van der Waals surface area contributed by atoms with Gasteiger partial charge in [0, 0.05) is 24.0 Å². The van der Waals surface area contributed by atoms with Crippen LogP contribution >= 0.6 is 11.3 Å². The van der Waals surface area contributed by atoms with Crippen LogP contribution in [-0.4, -0.2) is 35.6 Å². The zero-order chi connectivity index (χ0) is 12.8. The van der Waals surface area contributed by atoms with Crippen LogP contribution in [0.3, 0.4) is 0 Å². The van der Waals surface area contributed by atoms with Crippen LogP contribution in [0.15, 0.2) is 5.38 Å². The van der Waals surface area contributed by atoms with E-state index in [1.165, 1.54) is 5.69 Å². The summed E-state index contributed by atoms with van der Waals surface area (Å²) in [5, 5.41) is 6.90. The maximum atomic E-state index is 4.53. The first kappa shape index (κ1) is 14.6. The van der Waals surface area contributed by atoms with Crippen LogP contribution in [0.4, 0.5) is 0 Å². The molecule has 4 heteroatoms. The molecule has 1 N–H and O–H groups in total. The van der Waals surface area contributed by atoms with E-state index in [1.807, 2.05) is 0 Å². The van der Waals surface area contributed by atoms with Crippen LogP contribution in [0, 0.1) is 6.92 Å². The van der Waals surface area contributed by atoms with Gasteiger partial charge in [0.25, 0.3) is 0 Å². The van der Waals surface area contributed by atoms with Gasteiger partial charge < -0.3 is 10.2 Å². The molecule has 1 aromatic rings. The fourth-order valence-corrected chi connectivity index (χ4v) is 2.72. The number of aromatic nitrogens is 1. The van der Waals surface area contributed by atoms with Crippen molar-refractivity contribution in [2.45, 2.75) is 46.7 Å². The predicted molar refractivity (Wildman–Crippen MR) is 75.7 cm³/mol. The Balaban J connectivity index is 2.42. The number of hydrogen-bond donors (Lipinski definition) is 1. The summed E-state index contributed by atoms with van der Waals surface area (Å²) in [7, 11) is 0. The number of nitrogens with one attached hydrogen (secondary N) is 1. The van der Waals surface area contributed by atoms with Crippen molar-refractivity contribution in [3.8, 4) is 0 Å². The van der Waals surface area contributed by atoms with Gasteiger partial charge in [0.1, 0.15) is 0 Å². The van der Waals surface area contributed by atoms with Crippen molar-refractivity contribution in [2.75, 3.05) is 19.6 Å². The number of hydrogen-bond acceptors (Lipinski definition) is 4. The van der Waals surface area contributed by atoms with Gasteiger partial charge in [-0.3, -0.25) is 0 Å². The number of likely N-dealkylation sites (N-methyl/N-ethyl adjacent to an activating group) is 1. The average Bonchev–Trinajstić information content (AvgIpc) is 2.72. The van der Waals surface area contributed by atoms with Crippen molar-refractivity contribution in [3.63, 3.8) is 0 Å². The highest BCUT2D eigenvalue weighted by Crippen LogP contribution is 2.16. The zero-order valence-corrected chi connectivity index (χ0v) is 12.5. The highest BCUT2D eigenvalue weighted by molar-refractivity contribution is 7.09. The normalized spacial score (nSPS) is 15.2. The summed E-state index contributed by atoms with van der Waals surface area (Å²) < 4.78 is 0. The minimum absolute atomic E-state index is 0.338. The van der Waals surface area contributed by atoms with Crippen LogP contribution in [0.2, 0.25) is 0 Å². The van der Waals surface area contributed by atoms with Crippen molar-refractivity contribution in [1.29, 1.82) is 0 Å². The van der Waals surface area contributed by atoms with Crippen LogP contribution in [0.25, 0.3) is 0 Å². The van der Waals surface area contributed by atoms with E-state index in [0.717, 1.165) is 24.6 Å². The molecule has 0 aliphatic rings. The van der Waals surface area contributed by atoms with Gasteiger partial charge in [-0.05, 0) is 33.9 Å². The van der Waals surface area contributed by atoms with Crippen molar-refractivity contribution in [3.05, 3.63) is 16.1 Å². The van der Waals surface area contributed by atoms with Crippen LogP contribution in [0.5, 0.6) is 0 Å². The van der Waals surface area contributed by atoms with Crippen molar-refractivity contribution < 1.29 is 0 Å². The van der Waals surface area contributed by atoms with Gasteiger partial charge >= 0.3 is 0 Å². The second-order valence-electron chi connectivity index (χ2n) is 4.57. The second-order valence-corrected chi connectivity index (χ2v) is 5.63. The summed E-state index contributed by atoms with van der Waals surface area (Å²) in [5.74, 6) is 0. The van der Waals surface area contributed by atoms with Crippen LogP contribution in [0.1, 0.15) is 44.4 Å².